The van der Waals surface area contributed by atoms with E-state index in [0.717, 1.165) is 56.3 Å². The van der Waals surface area contributed by atoms with Gasteiger partial charge < -0.3 is 35.9 Å². The number of carbonyl (C=O) groups excluding carboxylic acids is 2. The number of nitrogens with two attached hydrogens (primary N) is 1. The van der Waals surface area contributed by atoms with E-state index < -0.39 is 11.8 Å². The summed E-state index contributed by atoms with van der Waals surface area (Å²) in [6, 6.07) is 12.5. The van der Waals surface area contributed by atoms with Crippen molar-refractivity contribution >= 4 is 35.7 Å². The number of amides is 3. The minimum absolute atomic E-state index is 0.0111. The Kier molecular flexibility index (Phi) is 9.57. The standard InChI is InChI=1S/C35H47ClN6O5/c1-34(37)12-18-39(19-13-34)27-9-15-40(16-10-27)35(14-21-43)23-28(41-17-8-26-4-2-3-5-30(26)38-32(41)45)11-20-42(35,33(46)47)24-25-6-7-31(44)29(36)22-25/h2-7,21-22,27-28H,8-20,23-24,37H2,1H3,(H2-,38,44,45,46,47)/p+1/t28?,35?,42-/m0/s1. The SMILES string of the molecule is CC1(N)CCN(C2CCN(C3(CC=O)CC(N4CCc5ccccc5NC4=O)CC[N@+]3(Cc3ccc(O)c(Cl)c3)C(=O)O)CC2)CC1. The highest BCUT2D eigenvalue weighted by Gasteiger charge is 2.64. The molecular formula is C35H48ClN6O5+. The fourth-order valence-electron chi connectivity index (χ4n) is 8.73. The van der Waals surface area contributed by atoms with E-state index in [1.54, 1.807) is 12.1 Å². The number of benzene rings is 2. The number of quaternary nitrogens is 1. The molecule has 254 valence electrons. The molecule has 0 radical (unpaired) electrons. The Hall–Kier alpha value is -3.22. The molecule has 4 aliphatic heterocycles. The van der Waals surface area contributed by atoms with Crippen molar-refractivity contribution < 1.29 is 29.1 Å². The third kappa shape index (κ3) is 6.48. The summed E-state index contributed by atoms with van der Waals surface area (Å²) in [5.74, 6) is -0.0712. The van der Waals surface area contributed by atoms with E-state index in [4.69, 9.17) is 17.3 Å². The maximum atomic E-state index is 13.7. The first-order valence-electron chi connectivity index (χ1n) is 16.9. The van der Waals surface area contributed by atoms with Gasteiger partial charge in [0.15, 0.2) is 5.66 Å². The molecule has 0 aliphatic carbocycles. The van der Waals surface area contributed by atoms with Crippen LogP contribution in [-0.2, 0) is 17.8 Å². The first-order valence-corrected chi connectivity index (χ1v) is 17.3. The summed E-state index contributed by atoms with van der Waals surface area (Å²) in [5.41, 5.74) is 7.69. The summed E-state index contributed by atoms with van der Waals surface area (Å²) < 4.78 is -0.376. The smallest absolute Gasteiger partial charge is 0.506 e. The highest BCUT2D eigenvalue weighted by atomic mass is 35.5. The number of rotatable bonds is 7. The molecule has 2 aromatic carbocycles. The zero-order valence-electron chi connectivity index (χ0n) is 27.2. The summed E-state index contributed by atoms with van der Waals surface area (Å²) in [5, 5.41) is 24.6. The Balaban J connectivity index is 1.34. The highest BCUT2D eigenvalue weighted by Crippen LogP contribution is 2.46. The summed E-state index contributed by atoms with van der Waals surface area (Å²) in [6.45, 7) is 6.11. The average Bonchev–Trinajstić information content (AvgIpc) is 3.22. The van der Waals surface area contributed by atoms with Crippen molar-refractivity contribution in [1.29, 1.82) is 0 Å². The molecule has 47 heavy (non-hydrogen) atoms. The van der Waals surface area contributed by atoms with Crippen LogP contribution in [0.2, 0.25) is 5.02 Å². The molecule has 2 aromatic rings. The first kappa shape index (κ1) is 33.7. The van der Waals surface area contributed by atoms with Gasteiger partial charge in [-0.15, -0.1) is 0 Å². The number of para-hydroxylation sites is 1. The second-order valence-corrected chi connectivity index (χ2v) is 14.8. The van der Waals surface area contributed by atoms with Crippen molar-refractivity contribution in [2.75, 3.05) is 44.6 Å². The molecule has 6 rings (SSSR count). The zero-order chi connectivity index (χ0) is 33.4. The van der Waals surface area contributed by atoms with Gasteiger partial charge in [0, 0.05) is 74.4 Å². The predicted molar refractivity (Wildman–Crippen MR) is 180 cm³/mol. The van der Waals surface area contributed by atoms with Crippen LogP contribution < -0.4 is 11.1 Å². The number of urea groups is 1. The first-order chi connectivity index (χ1) is 22.5. The number of phenolic OH excluding ortho intramolecular Hbond substituents is 1. The summed E-state index contributed by atoms with van der Waals surface area (Å²) in [7, 11) is 0. The van der Waals surface area contributed by atoms with Gasteiger partial charge in [-0.25, -0.2) is 9.28 Å². The monoisotopic (exact) mass is 667 g/mol. The number of nitrogens with one attached hydrogen (secondary N) is 1. The number of halogens is 1. The normalized spacial score (nSPS) is 29.0. The van der Waals surface area contributed by atoms with Gasteiger partial charge in [0.05, 0.1) is 18.0 Å². The van der Waals surface area contributed by atoms with Crippen molar-refractivity contribution in [3.05, 3.63) is 58.6 Å². The lowest BCUT2D eigenvalue weighted by Crippen LogP contribution is -2.78. The third-order valence-electron chi connectivity index (χ3n) is 11.5. The Labute approximate surface area is 281 Å². The van der Waals surface area contributed by atoms with Crippen LogP contribution in [0.1, 0.15) is 63.0 Å². The lowest BCUT2D eigenvalue weighted by molar-refractivity contribution is -0.942. The molecular weight excluding hydrogens is 620 g/mol. The molecule has 4 aliphatic rings. The van der Waals surface area contributed by atoms with Gasteiger partial charge in [-0.05, 0) is 68.9 Å². The zero-order valence-corrected chi connectivity index (χ0v) is 28.0. The van der Waals surface area contributed by atoms with Gasteiger partial charge in [0.2, 0.25) is 0 Å². The van der Waals surface area contributed by atoms with Crippen molar-refractivity contribution in [2.24, 2.45) is 5.73 Å². The number of fused-ring (bicyclic) bond motifs is 1. The summed E-state index contributed by atoms with van der Waals surface area (Å²) in [6.07, 6.45) is 4.95. The molecule has 5 N–H and O–H groups in total. The quantitative estimate of drug-likeness (QED) is 0.243. The summed E-state index contributed by atoms with van der Waals surface area (Å²) in [4.78, 5) is 46.8. The molecule has 11 nitrogen and oxygen atoms in total. The van der Waals surface area contributed by atoms with Crippen LogP contribution in [-0.4, -0.2) is 110 Å². The summed E-state index contributed by atoms with van der Waals surface area (Å²) >= 11 is 6.30. The lowest BCUT2D eigenvalue weighted by atomic mass is 9.81. The van der Waals surface area contributed by atoms with E-state index in [-0.39, 0.29) is 52.4 Å². The van der Waals surface area contributed by atoms with E-state index >= 15 is 0 Å². The fourth-order valence-corrected chi connectivity index (χ4v) is 8.93. The number of nitrogens with zero attached hydrogens (tertiary/aromatic N) is 4. The number of carbonyl (C=O) groups is 3. The van der Waals surface area contributed by atoms with Gasteiger partial charge >= 0.3 is 12.1 Å². The van der Waals surface area contributed by atoms with Crippen LogP contribution in [0.3, 0.4) is 0 Å². The number of piperidine rings is 3. The number of aromatic hydroxyl groups is 1. The molecule has 3 saturated heterocycles. The molecule has 0 spiro atoms. The molecule has 2 unspecified atom stereocenters. The van der Waals surface area contributed by atoms with Crippen LogP contribution >= 0.6 is 11.6 Å². The van der Waals surface area contributed by atoms with Crippen LogP contribution in [0.25, 0.3) is 0 Å². The number of aldehydes is 1. The maximum absolute atomic E-state index is 13.7. The molecule has 3 fully saturated rings. The number of hydrogen-bond acceptors (Lipinski definition) is 7. The molecule has 0 saturated carbocycles. The maximum Gasteiger partial charge on any atom is 0.515 e. The Morgan fingerprint density at radius 1 is 1.09 bits per heavy atom. The highest BCUT2D eigenvalue weighted by molar-refractivity contribution is 6.32. The molecule has 3 amide bonds. The van der Waals surface area contributed by atoms with Crippen LogP contribution in [0, 0.1) is 0 Å². The topological polar surface area (TPSA) is 139 Å². The van der Waals surface area contributed by atoms with E-state index in [0.29, 0.717) is 50.5 Å². The van der Waals surface area contributed by atoms with Crippen LogP contribution in [0.5, 0.6) is 5.75 Å². The van der Waals surface area contributed by atoms with Crippen molar-refractivity contribution in [2.45, 2.75) is 88.1 Å². The Morgan fingerprint density at radius 2 is 1.81 bits per heavy atom. The minimum Gasteiger partial charge on any atom is -0.506 e. The van der Waals surface area contributed by atoms with E-state index in [2.05, 4.69) is 22.0 Å². The predicted octanol–water partition coefficient (Wildman–Crippen LogP) is 4.86. The van der Waals surface area contributed by atoms with E-state index in [1.807, 2.05) is 29.2 Å². The average molecular weight is 668 g/mol. The van der Waals surface area contributed by atoms with Crippen molar-refractivity contribution in [3.8, 4) is 5.75 Å². The number of likely N-dealkylation sites (tertiary alicyclic amines) is 3. The number of phenols is 1. The number of carboxylic acid groups (broad SMARTS) is 1. The van der Waals surface area contributed by atoms with Gasteiger partial charge in [-0.3, -0.25) is 4.90 Å². The Morgan fingerprint density at radius 3 is 2.49 bits per heavy atom. The number of anilines is 1. The molecule has 12 heteroatoms. The van der Waals surface area contributed by atoms with Crippen molar-refractivity contribution in [1.82, 2.24) is 14.7 Å². The van der Waals surface area contributed by atoms with Crippen LogP contribution in [0.15, 0.2) is 42.5 Å². The third-order valence-corrected chi connectivity index (χ3v) is 11.8. The van der Waals surface area contributed by atoms with Gasteiger partial charge in [-0.2, -0.15) is 4.79 Å². The molecule has 0 aromatic heterocycles. The number of hydrogen-bond donors (Lipinski definition) is 4. The Bertz CT molecular complexity index is 1490. The van der Waals surface area contributed by atoms with Gasteiger partial charge in [0.25, 0.3) is 0 Å². The van der Waals surface area contributed by atoms with E-state index in [9.17, 15) is 24.6 Å². The van der Waals surface area contributed by atoms with Gasteiger partial charge in [0.1, 0.15) is 18.6 Å². The lowest BCUT2D eigenvalue weighted by Gasteiger charge is -2.59. The van der Waals surface area contributed by atoms with Crippen LogP contribution in [0.4, 0.5) is 15.3 Å². The molecule has 3 atom stereocenters. The fraction of sp³-hybridized carbons (Fsp3) is 0.571. The second kappa shape index (κ2) is 13.4. The van der Waals surface area contributed by atoms with Crippen molar-refractivity contribution in [3.63, 3.8) is 0 Å². The second-order valence-electron chi connectivity index (χ2n) is 14.4. The van der Waals surface area contributed by atoms with E-state index in [1.165, 1.54) is 6.07 Å². The molecule has 4 heterocycles. The molecule has 0 bridgehead atoms. The van der Waals surface area contributed by atoms with Gasteiger partial charge in [-0.1, -0.05) is 29.8 Å². The minimum atomic E-state index is -1.11. The largest absolute Gasteiger partial charge is 0.515 e.